The standard InChI is InChI=1S/C13H25N5O2.C8H9N/c1-15-13(18-6-10-20-11-7-18)16-12(14)2-3-17-4-8-19-9-5-17;1-7-3-2-4-8(5-7)6-9/h2H,3-11,14H2,1H3,(H,15,16);2-6,9H,1H3/b12-2-;. The summed E-state index contributed by atoms with van der Waals surface area (Å²) >= 11 is 0. The lowest BCUT2D eigenvalue weighted by molar-refractivity contribution is 0.0433. The number of nitrogens with zero attached hydrogens (tertiary/aromatic N) is 3. The number of hydrogen-bond donors (Lipinski definition) is 3. The van der Waals surface area contributed by atoms with Crippen molar-refractivity contribution in [2.45, 2.75) is 6.92 Å². The fourth-order valence-electron chi connectivity index (χ4n) is 3.00. The Balaban J connectivity index is 0.000000278. The lowest BCUT2D eigenvalue weighted by Crippen LogP contribution is -2.48. The molecular formula is C21H34N6O2. The Morgan fingerprint density at radius 3 is 2.38 bits per heavy atom. The molecule has 2 fully saturated rings. The molecule has 2 saturated heterocycles. The molecule has 1 aromatic carbocycles. The third kappa shape index (κ3) is 8.64. The van der Waals surface area contributed by atoms with Crippen LogP contribution >= 0.6 is 0 Å². The van der Waals surface area contributed by atoms with E-state index < -0.39 is 0 Å². The molecule has 1 aromatic rings. The molecule has 0 atom stereocenters. The number of morpholine rings is 2. The number of nitrogens with one attached hydrogen (secondary N) is 2. The highest BCUT2D eigenvalue weighted by atomic mass is 16.5. The molecule has 8 nitrogen and oxygen atoms in total. The summed E-state index contributed by atoms with van der Waals surface area (Å²) in [4.78, 5) is 8.73. The first-order valence-electron chi connectivity index (χ1n) is 10.0. The number of rotatable bonds is 4. The molecular weight excluding hydrogens is 368 g/mol. The van der Waals surface area contributed by atoms with Gasteiger partial charge < -0.3 is 30.8 Å². The highest BCUT2D eigenvalue weighted by molar-refractivity contribution is 5.81. The van der Waals surface area contributed by atoms with E-state index >= 15 is 0 Å². The highest BCUT2D eigenvalue weighted by Gasteiger charge is 2.15. The SMILES string of the molecule is CN=C(N/C(N)=C\CN1CCOCC1)N1CCOCC1.Cc1cccc(C=N)c1. The Labute approximate surface area is 173 Å². The average molecular weight is 403 g/mol. The van der Waals surface area contributed by atoms with Crippen LogP contribution in [0, 0.1) is 12.3 Å². The van der Waals surface area contributed by atoms with Crippen LogP contribution < -0.4 is 11.1 Å². The van der Waals surface area contributed by atoms with Crippen LogP contribution in [0.1, 0.15) is 11.1 Å². The van der Waals surface area contributed by atoms with Crippen LogP contribution in [-0.4, -0.2) is 88.2 Å². The molecule has 160 valence electrons. The van der Waals surface area contributed by atoms with Gasteiger partial charge in [0.1, 0.15) is 0 Å². The fourth-order valence-corrected chi connectivity index (χ4v) is 3.00. The zero-order chi connectivity index (χ0) is 20.9. The van der Waals surface area contributed by atoms with Crippen LogP contribution in [0.25, 0.3) is 0 Å². The van der Waals surface area contributed by atoms with E-state index in [0.717, 1.165) is 70.7 Å². The van der Waals surface area contributed by atoms with Crippen molar-refractivity contribution in [2.24, 2.45) is 10.7 Å². The average Bonchev–Trinajstić information content (AvgIpc) is 2.78. The summed E-state index contributed by atoms with van der Waals surface area (Å²) in [6.45, 7) is 9.54. The Kier molecular flexibility index (Phi) is 10.2. The molecule has 0 amide bonds. The summed E-state index contributed by atoms with van der Waals surface area (Å²) < 4.78 is 10.7. The Morgan fingerprint density at radius 2 is 1.83 bits per heavy atom. The van der Waals surface area contributed by atoms with E-state index in [1.165, 1.54) is 11.8 Å². The van der Waals surface area contributed by atoms with Gasteiger partial charge in [-0.3, -0.25) is 9.89 Å². The van der Waals surface area contributed by atoms with Crippen LogP contribution in [0.15, 0.2) is 41.2 Å². The molecule has 0 unspecified atom stereocenters. The van der Waals surface area contributed by atoms with Gasteiger partial charge in [0, 0.05) is 46.0 Å². The lowest BCUT2D eigenvalue weighted by Gasteiger charge is -2.30. The minimum absolute atomic E-state index is 0.642. The van der Waals surface area contributed by atoms with Crippen LogP contribution in [0.2, 0.25) is 0 Å². The number of benzene rings is 1. The van der Waals surface area contributed by atoms with E-state index in [4.69, 9.17) is 20.6 Å². The normalized spacial score (nSPS) is 18.6. The van der Waals surface area contributed by atoms with Crippen molar-refractivity contribution in [2.75, 3.05) is 66.2 Å². The predicted molar refractivity (Wildman–Crippen MR) is 117 cm³/mol. The first-order chi connectivity index (χ1) is 14.1. The molecule has 29 heavy (non-hydrogen) atoms. The number of nitrogens with two attached hydrogens (primary N) is 1. The number of hydrogen-bond acceptors (Lipinski definition) is 6. The Hall–Kier alpha value is -2.42. The molecule has 0 aliphatic carbocycles. The second kappa shape index (κ2) is 12.9. The molecule has 8 heteroatoms. The summed E-state index contributed by atoms with van der Waals surface area (Å²) in [5, 5.41) is 10.1. The Morgan fingerprint density at radius 1 is 1.17 bits per heavy atom. The van der Waals surface area contributed by atoms with E-state index in [-0.39, 0.29) is 0 Å². The van der Waals surface area contributed by atoms with Crippen LogP contribution in [0.3, 0.4) is 0 Å². The summed E-state index contributed by atoms with van der Waals surface area (Å²) in [7, 11) is 1.77. The van der Waals surface area contributed by atoms with Crippen molar-refractivity contribution >= 4 is 12.2 Å². The number of ether oxygens (including phenoxy) is 2. The molecule has 3 rings (SSSR count). The molecule has 0 aromatic heterocycles. The van der Waals surface area contributed by atoms with Crippen molar-refractivity contribution in [1.82, 2.24) is 15.1 Å². The van der Waals surface area contributed by atoms with Gasteiger partial charge in [-0.1, -0.05) is 29.8 Å². The molecule has 2 aliphatic rings. The first kappa shape index (κ1) is 22.9. The van der Waals surface area contributed by atoms with Gasteiger partial charge in [-0.05, 0) is 18.6 Å². The quantitative estimate of drug-likeness (QED) is 0.514. The Bertz CT molecular complexity index is 680. The van der Waals surface area contributed by atoms with Crippen molar-refractivity contribution in [3.8, 4) is 0 Å². The van der Waals surface area contributed by atoms with Gasteiger partial charge in [-0.15, -0.1) is 0 Å². The number of guanidine groups is 1. The maximum Gasteiger partial charge on any atom is 0.199 e. The lowest BCUT2D eigenvalue weighted by atomic mass is 10.2. The van der Waals surface area contributed by atoms with Crippen molar-refractivity contribution in [1.29, 1.82) is 5.41 Å². The van der Waals surface area contributed by atoms with Gasteiger partial charge in [-0.2, -0.15) is 0 Å². The first-order valence-corrected chi connectivity index (χ1v) is 10.0. The van der Waals surface area contributed by atoms with Crippen molar-refractivity contribution in [3.05, 3.63) is 47.3 Å². The second-order valence-electron chi connectivity index (χ2n) is 6.90. The monoisotopic (exact) mass is 402 g/mol. The molecule has 0 saturated carbocycles. The maximum absolute atomic E-state index is 6.92. The summed E-state index contributed by atoms with van der Waals surface area (Å²) in [5.74, 6) is 1.45. The third-order valence-corrected chi connectivity index (χ3v) is 4.66. The predicted octanol–water partition coefficient (Wildman–Crippen LogP) is 1.02. The second-order valence-corrected chi connectivity index (χ2v) is 6.90. The summed E-state index contributed by atoms with van der Waals surface area (Å²) in [6.07, 6.45) is 3.35. The number of aryl methyl sites for hydroxylation is 1. The zero-order valence-corrected chi connectivity index (χ0v) is 17.6. The van der Waals surface area contributed by atoms with Crippen LogP contribution in [0.4, 0.5) is 0 Å². The van der Waals surface area contributed by atoms with Gasteiger partial charge in [0.25, 0.3) is 0 Å². The van der Waals surface area contributed by atoms with E-state index in [9.17, 15) is 0 Å². The van der Waals surface area contributed by atoms with Gasteiger partial charge in [0.15, 0.2) is 5.96 Å². The van der Waals surface area contributed by atoms with Crippen LogP contribution in [-0.2, 0) is 9.47 Å². The molecule has 4 N–H and O–H groups in total. The largest absolute Gasteiger partial charge is 0.385 e. The highest BCUT2D eigenvalue weighted by Crippen LogP contribution is 2.00. The zero-order valence-electron chi connectivity index (χ0n) is 17.6. The van der Waals surface area contributed by atoms with Crippen molar-refractivity contribution < 1.29 is 9.47 Å². The topological polar surface area (TPSA) is 99.2 Å². The van der Waals surface area contributed by atoms with E-state index in [0.29, 0.717) is 5.82 Å². The summed E-state index contributed by atoms with van der Waals surface area (Å²) in [5.41, 5.74) is 8.20. The van der Waals surface area contributed by atoms with Gasteiger partial charge >= 0.3 is 0 Å². The van der Waals surface area contributed by atoms with E-state index in [2.05, 4.69) is 20.1 Å². The number of aliphatic imine (C=N–C) groups is 1. The van der Waals surface area contributed by atoms with E-state index in [1.807, 2.05) is 37.3 Å². The fraction of sp³-hybridized carbons (Fsp3) is 0.524. The van der Waals surface area contributed by atoms with Gasteiger partial charge in [0.2, 0.25) is 0 Å². The minimum atomic E-state index is 0.642. The molecule has 2 aliphatic heterocycles. The van der Waals surface area contributed by atoms with E-state index in [1.54, 1.807) is 7.05 Å². The maximum atomic E-state index is 6.92. The molecule has 0 radical (unpaired) electrons. The molecule has 2 heterocycles. The van der Waals surface area contributed by atoms with Crippen LogP contribution in [0.5, 0.6) is 0 Å². The minimum Gasteiger partial charge on any atom is -0.385 e. The van der Waals surface area contributed by atoms with Crippen molar-refractivity contribution in [3.63, 3.8) is 0 Å². The van der Waals surface area contributed by atoms with Gasteiger partial charge in [-0.25, -0.2) is 0 Å². The molecule has 0 spiro atoms. The molecule has 0 bridgehead atoms. The summed E-state index contributed by atoms with van der Waals surface area (Å²) in [6, 6.07) is 7.87. The smallest absolute Gasteiger partial charge is 0.199 e. The van der Waals surface area contributed by atoms with Gasteiger partial charge in [0.05, 0.1) is 32.2 Å². The third-order valence-electron chi connectivity index (χ3n) is 4.66.